The highest BCUT2D eigenvalue weighted by Crippen LogP contribution is 2.60. The third-order valence-corrected chi connectivity index (χ3v) is 6.76. The van der Waals surface area contributed by atoms with Crippen LogP contribution in [-0.4, -0.2) is 11.2 Å². The Kier molecular flexibility index (Phi) is 2.64. The average Bonchev–Trinajstić information content (AvgIpc) is 2.81. The van der Waals surface area contributed by atoms with Crippen LogP contribution in [0.4, 0.5) is 0 Å². The van der Waals surface area contributed by atoms with E-state index in [-0.39, 0.29) is 11.5 Å². The second kappa shape index (κ2) is 4.10. The van der Waals surface area contributed by atoms with E-state index in [1.54, 1.807) is 11.1 Å². The van der Waals surface area contributed by atoms with E-state index < -0.39 is 0 Å². The number of aliphatic hydroxyl groups excluding tert-OH is 1. The second-order valence-corrected chi connectivity index (χ2v) is 7.83. The van der Waals surface area contributed by atoms with Crippen molar-refractivity contribution in [2.45, 2.75) is 64.9 Å². The van der Waals surface area contributed by atoms with Gasteiger partial charge < -0.3 is 5.11 Å². The molecule has 0 amide bonds. The van der Waals surface area contributed by atoms with Crippen molar-refractivity contribution in [2.75, 3.05) is 0 Å². The van der Waals surface area contributed by atoms with E-state index in [4.69, 9.17) is 0 Å². The summed E-state index contributed by atoms with van der Waals surface area (Å²) < 4.78 is 0. The third-order valence-electron chi connectivity index (χ3n) is 6.76. The predicted molar refractivity (Wildman–Crippen MR) is 82.3 cm³/mol. The van der Waals surface area contributed by atoms with Crippen molar-refractivity contribution in [1.82, 2.24) is 0 Å². The smallest absolute Gasteiger partial charge is 0.0724 e. The van der Waals surface area contributed by atoms with Crippen LogP contribution >= 0.6 is 0 Å². The molecule has 0 radical (unpaired) electrons. The van der Waals surface area contributed by atoms with Gasteiger partial charge >= 0.3 is 0 Å². The zero-order valence-corrected chi connectivity index (χ0v) is 12.8. The molecular formula is C19H26O. The van der Waals surface area contributed by atoms with E-state index in [1.165, 1.54) is 37.7 Å². The van der Waals surface area contributed by atoms with E-state index in [2.05, 4.69) is 32.1 Å². The van der Waals surface area contributed by atoms with Gasteiger partial charge in [0, 0.05) is 5.41 Å². The Morgan fingerprint density at radius 1 is 1.15 bits per heavy atom. The third kappa shape index (κ3) is 1.59. The topological polar surface area (TPSA) is 20.2 Å². The first-order valence-electron chi connectivity index (χ1n) is 8.32. The Bertz CT molecular complexity index is 538. The molecular weight excluding hydrogens is 244 g/mol. The maximum absolute atomic E-state index is 9.95. The molecule has 0 saturated heterocycles. The van der Waals surface area contributed by atoms with E-state index in [0.29, 0.717) is 5.41 Å². The Labute approximate surface area is 122 Å². The van der Waals surface area contributed by atoms with Crippen LogP contribution in [0.15, 0.2) is 34.9 Å². The van der Waals surface area contributed by atoms with Crippen LogP contribution in [-0.2, 0) is 0 Å². The molecule has 1 nitrogen and oxygen atoms in total. The molecule has 4 aliphatic rings. The summed E-state index contributed by atoms with van der Waals surface area (Å²) in [4.78, 5) is 0. The molecule has 0 saturated carbocycles. The first-order valence-corrected chi connectivity index (χ1v) is 8.32. The normalized spacial score (nSPS) is 46.6. The number of hydrogen-bond acceptors (Lipinski definition) is 1. The number of rotatable bonds is 0. The summed E-state index contributed by atoms with van der Waals surface area (Å²) in [6.45, 7) is 4.91. The molecule has 0 bridgehead atoms. The van der Waals surface area contributed by atoms with Gasteiger partial charge in [0.1, 0.15) is 0 Å². The van der Waals surface area contributed by atoms with Crippen LogP contribution in [0.1, 0.15) is 58.8 Å². The molecule has 4 atom stereocenters. The molecule has 1 heteroatoms. The lowest BCUT2D eigenvalue weighted by Crippen LogP contribution is -2.39. The minimum absolute atomic E-state index is 0.192. The Balaban J connectivity index is 1.80. The molecule has 0 fully saturated rings. The lowest BCUT2D eigenvalue weighted by atomic mass is 9.54. The summed E-state index contributed by atoms with van der Waals surface area (Å²) in [5.74, 6) is 0.775. The summed E-state index contributed by atoms with van der Waals surface area (Å²) in [6.07, 6.45) is 15.2. The summed E-state index contributed by atoms with van der Waals surface area (Å²) in [5, 5.41) is 9.95. The highest BCUT2D eigenvalue weighted by molar-refractivity contribution is 5.43. The Morgan fingerprint density at radius 2 is 2.00 bits per heavy atom. The van der Waals surface area contributed by atoms with Crippen molar-refractivity contribution in [1.29, 1.82) is 0 Å². The van der Waals surface area contributed by atoms with E-state index in [9.17, 15) is 5.11 Å². The van der Waals surface area contributed by atoms with Gasteiger partial charge in [0.05, 0.1) is 6.10 Å². The molecule has 0 spiro atoms. The van der Waals surface area contributed by atoms with Gasteiger partial charge in [-0.2, -0.15) is 0 Å². The zero-order chi connectivity index (χ0) is 14.0. The molecule has 0 heterocycles. The summed E-state index contributed by atoms with van der Waals surface area (Å²) in [6, 6.07) is 0. The Morgan fingerprint density at radius 3 is 2.85 bits per heavy atom. The molecule has 0 aliphatic heterocycles. The van der Waals surface area contributed by atoms with Gasteiger partial charge in [-0.3, -0.25) is 0 Å². The lowest BCUT2D eigenvalue weighted by Gasteiger charge is -2.50. The number of hydrogen-bond donors (Lipinski definition) is 1. The van der Waals surface area contributed by atoms with Crippen molar-refractivity contribution in [3.63, 3.8) is 0 Å². The molecule has 108 valence electrons. The van der Waals surface area contributed by atoms with Gasteiger partial charge in [-0.1, -0.05) is 48.8 Å². The quantitative estimate of drug-likeness (QED) is 0.641. The predicted octanol–water partition coefficient (Wildman–Crippen LogP) is 4.54. The number of allylic oxidation sites excluding steroid dienone is 5. The molecule has 4 rings (SSSR count). The van der Waals surface area contributed by atoms with Crippen LogP contribution in [0.2, 0.25) is 0 Å². The van der Waals surface area contributed by atoms with Gasteiger partial charge in [-0.15, -0.1) is 0 Å². The SMILES string of the molecule is C[C@]12CCC(O)C=C1CCC1=C2CC[C@]2(C)C=CCC12. The summed E-state index contributed by atoms with van der Waals surface area (Å²) >= 11 is 0. The highest BCUT2D eigenvalue weighted by Gasteiger charge is 2.48. The van der Waals surface area contributed by atoms with Crippen LogP contribution < -0.4 is 0 Å². The fourth-order valence-electron chi connectivity index (χ4n) is 5.45. The van der Waals surface area contributed by atoms with Gasteiger partial charge in [-0.25, -0.2) is 0 Å². The van der Waals surface area contributed by atoms with Crippen molar-refractivity contribution in [3.05, 3.63) is 34.9 Å². The number of aliphatic hydroxyl groups is 1. The minimum atomic E-state index is -0.192. The monoisotopic (exact) mass is 270 g/mol. The molecule has 20 heavy (non-hydrogen) atoms. The van der Waals surface area contributed by atoms with E-state index >= 15 is 0 Å². The zero-order valence-electron chi connectivity index (χ0n) is 12.8. The van der Waals surface area contributed by atoms with Crippen LogP contribution in [0.25, 0.3) is 0 Å². The lowest BCUT2D eigenvalue weighted by molar-refractivity contribution is 0.163. The fourth-order valence-corrected chi connectivity index (χ4v) is 5.45. The number of fused-ring (bicyclic) bond motifs is 4. The standard InChI is InChI=1S/C19H26O/c1-18-9-3-4-16(18)15-6-5-13-12-14(20)7-11-19(13,2)17(15)8-10-18/h3,9,12,14,16,20H,4-8,10-11H2,1-2H3/t14?,16?,18-,19-/m0/s1. The maximum Gasteiger partial charge on any atom is 0.0724 e. The van der Waals surface area contributed by atoms with E-state index in [1.807, 2.05) is 0 Å². The summed E-state index contributed by atoms with van der Waals surface area (Å²) in [5.41, 5.74) is 5.79. The average molecular weight is 270 g/mol. The molecule has 4 aliphatic carbocycles. The molecule has 0 aromatic heterocycles. The van der Waals surface area contributed by atoms with Crippen LogP contribution in [0.5, 0.6) is 0 Å². The van der Waals surface area contributed by atoms with Crippen LogP contribution in [0, 0.1) is 16.7 Å². The maximum atomic E-state index is 9.95. The van der Waals surface area contributed by atoms with Crippen molar-refractivity contribution >= 4 is 0 Å². The van der Waals surface area contributed by atoms with Crippen molar-refractivity contribution < 1.29 is 5.11 Å². The van der Waals surface area contributed by atoms with E-state index in [0.717, 1.165) is 18.8 Å². The first kappa shape index (κ1) is 12.9. The molecule has 0 aromatic carbocycles. The van der Waals surface area contributed by atoms with Crippen LogP contribution in [0.3, 0.4) is 0 Å². The van der Waals surface area contributed by atoms with Crippen molar-refractivity contribution in [3.8, 4) is 0 Å². The van der Waals surface area contributed by atoms with Gasteiger partial charge in [-0.05, 0) is 56.3 Å². The van der Waals surface area contributed by atoms with Crippen molar-refractivity contribution in [2.24, 2.45) is 16.7 Å². The molecule has 2 unspecified atom stereocenters. The first-order chi connectivity index (χ1) is 9.53. The molecule has 0 aromatic rings. The van der Waals surface area contributed by atoms with Gasteiger partial charge in [0.2, 0.25) is 0 Å². The minimum Gasteiger partial charge on any atom is -0.389 e. The van der Waals surface area contributed by atoms with Gasteiger partial charge in [0.25, 0.3) is 0 Å². The van der Waals surface area contributed by atoms with Gasteiger partial charge in [0.15, 0.2) is 0 Å². The fraction of sp³-hybridized carbons (Fsp3) is 0.684. The second-order valence-electron chi connectivity index (χ2n) is 7.83. The summed E-state index contributed by atoms with van der Waals surface area (Å²) in [7, 11) is 0. The molecule has 1 N–H and O–H groups in total. The Hall–Kier alpha value is -0.820. The largest absolute Gasteiger partial charge is 0.389 e. The highest BCUT2D eigenvalue weighted by atomic mass is 16.3.